The van der Waals surface area contributed by atoms with Crippen LogP contribution >= 0.6 is 0 Å². The summed E-state index contributed by atoms with van der Waals surface area (Å²) in [4.78, 5) is 22.1. The van der Waals surface area contributed by atoms with Gasteiger partial charge in [0.25, 0.3) is 0 Å². The average Bonchev–Trinajstić information content (AvgIpc) is 2.67. The van der Waals surface area contributed by atoms with Crippen LogP contribution in [0.1, 0.15) is 12.8 Å². The van der Waals surface area contributed by atoms with Gasteiger partial charge in [-0.25, -0.2) is 4.79 Å². The second kappa shape index (κ2) is 4.69. The number of hydrogen-bond acceptors (Lipinski definition) is 4. The molecule has 5 nitrogen and oxygen atoms in total. The van der Waals surface area contributed by atoms with E-state index in [0.29, 0.717) is 19.1 Å². The third-order valence-corrected chi connectivity index (χ3v) is 1.83. The molecule has 0 aliphatic carbocycles. The van der Waals surface area contributed by atoms with Gasteiger partial charge in [-0.1, -0.05) is 0 Å². The first-order valence-electron chi connectivity index (χ1n) is 4.23. The highest BCUT2D eigenvalue weighted by molar-refractivity contribution is 5.77. The number of hydrogen-bond donors (Lipinski definition) is 0. The summed E-state index contributed by atoms with van der Waals surface area (Å²) in [6.45, 7) is 1.79. The molecule has 2 rings (SSSR count). The second-order valence-electron chi connectivity index (χ2n) is 2.87. The number of nitrogens with zero attached hydrogens (tertiary/aromatic N) is 1. The average molecular weight is 187 g/mol. The van der Waals surface area contributed by atoms with Crippen LogP contribution in [0.2, 0.25) is 0 Å². The Balaban J connectivity index is 0.000000132. The summed E-state index contributed by atoms with van der Waals surface area (Å²) in [6.07, 6.45) is 1.27. The Kier molecular flexibility index (Phi) is 3.54. The minimum absolute atomic E-state index is 0.292. The van der Waals surface area contributed by atoms with Gasteiger partial charge in [0.05, 0.1) is 0 Å². The highest BCUT2D eigenvalue weighted by Crippen LogP contribution is 2.04. The zero-order valence-corrected chi connectivity index (χ0v) is 7.62. The van der Waals surface area contributed by atoms with Crippen molar-refractivity contribution in [2.75, 3.05) is 26.8 Å². The standard InChI is InChI=1S/C5H9NO.C3H4O3/c1-6-4-2-3-5(6)7;4-3-5-1-2-6-3/h2-4H2,1H3;1-2H2. The fourth-order valence-electron chi connectivity index (χ4n) is 1.07. The van der Waals surface area contributed by atoms with Gasteiger partial charge in [-0.15, -0.1) is 0 Å². The summed E-state index contributed by atoms with van der Waals surface area (Å²) >= 11 is 0. The van der Waals surface area contributed by atoms with Crippen LogP contribution in [-0.2, 0) is 14.3 Å². The van der Waals surface area contributed by atoms with E-state index >= 15 is 0 Å². The van der Waals surface area contributed by atoms with Gasteiger partial charge < -0.3 is 14.4 Å². The number of carbonyl (C=O) groups is 2. The SMILES string of the molecule is CN1CCCC1=O.O=C1OCCO1. The fraction of sp³-hybridized carbons (Fsp3) is 0.750. The predicted octanol–water partition coefficient (Wildman–Crippen LogP) is 0.392. The zero-order valence-electron chi connectivity index (χ0n) is 7.62. The van der Waals surface area contributed by atoms with Crippen LogP contribution in [0.15, 0.2) is 0 Å². The molecule has 2 saturated heterocycles. The molecule has 0 N–H and O–H groups in total. The monoisotopic (exact) mass is 187 g/mol. The smallest absolute Gasteiger partial charge is 0.431 e. The summed E-state index contributed by atoms with van der Waals surface area (Å²) in [6, 6.07) is 0. The van der Waals surface area contributed by atoms with Gasteiger partial charge in [0.2, 0.25) is 5.91 Å². The van der Waals surface area contributed by atoms with Crippen LogP contribution in [0.5, 0.6) is 0 Å². The summed E-state index contributed by atoms with van der Waals surface area (Å²) < 4.78 is 8.58. The Morgan fingerprint density at radius 1 is 1.23 bits per heavy atom. The molecule has 2 heterocycles. The largest absolute Gasteiger partial charge is 0.508 e. The maximum atomic E-state index is 10.5. The van der Waals surface area contributed by atoms with Crippen molar-refractivity contribution in [3.05, 3.63) is 0 Å². The van der Waals surface area contributed by atoms with E-state index in [2.05, 4.69) is 9.47 Å². The van der Waals surface area contributed by atoms with Crippen molar-refractivity contribution in [2.24, 2.45) is 0 Å². The Morgan fingerprint density at radius 2 is 1.85 bits per heavy atom. The topological polar surface area (TPSA) is 55.8 Å². The number of ether oxygens (including phenoxy) is 2. The summed E-state index contributed by atoms with van der Waals surface area (Å²) in [7, 11) is 1.84. The molecule has 0 atom stereocenters. The molecule has 0 spiro atoms. The van der Waals surface area contributed by atoms with Gasteiger partial charge in [-0.05, 0) is 6.42 Å². The van der Waals surface area contributed by atoms with Gasteiger partial charge in [0.15, 0.2) is 0 Å². The van der Waals surface area contributed by atoms with Crippen LogP contribution in [0.4, 0.5) is 4.79 Å². The number of carbonyl (C=O) groups excluding carboxylic acids is 2. The second-order valence-corrected chi connectivity index (χ2v) is 2.87. The highest BCUT2D eigenvalue weighted by Gasteiger charge is 2.14. The molecule has 0 unspecified atom stereocenters. The van der Waals surface area contributed by atoms with Crippen LogP contribution < -0.4 is 0 Å². The van der Waals surface area contributed by atoms with Crippen molar-refractivity contribution in [3.8, 4) is 0 Å². The maximum Gasteiger partial charge on any atom is 0.508 e. The molecule has 2 fully saturated rings. The molecule has 2 aliphatic rings. The van der Waals surface area contributed by atoms with E-state index in [1.807, 2.05) is 7.05 Å². The molecule has 0 radical (unpaired) electrons. The van der Waals surface area contributed by atoms with E-state index < -0.39 is 6.16 Å². The molecule has 0 bridgehead atoms. The fourth-order valence-corrected chi connectivity index (χ4v) is 1.07. The van der Waals surface area contributed by atoms with Crippen LogP contribution in [-0.4, -0.2) is 43.8 Å². The van der Waals surface area contributed by atoms with Crippen LogP contribution in [0.25, 0.3) is 0 Å². The lowest BCUT2D eigenvalue weighted by Gasteiger charge is -2.03. The third kappa shape index (κ3) is 3.31. The summed E-state index contributed by atoms with van der Waals surface area (Å²) in [5.74, 6) is 0.292. The van der Waals surface area contributed by atoms with Crippen molar-refractivity contribution in [1.29, 1.82) is 0 Å². The van der Waals surface area contributed by atoms with Gasteiger partial charge in [0.1, 0.15) is 13.2 Å². The van der Waals surface area contributed by atoms with Crippen molar-refractivity contribution in [3.63, 3.8) is 0 Å². The van der Waals surface area contributed by atoms with Crippen molar-refractivity contribution in [2.45, 2.75) is 12.8 Å². The van der Waals surface area contributed by atoms with Crippen molar-refractivity contribution in [1.82, 2.24) is 4.90 Å². The number of rotatable bonds is 0. The predicted molar refractivity (Wildman–Crippen MR) is 44.2 cm³/mol. The summed E-state index contributed by atoms with van der Waals surface area (Å²) in [5.41, 5.74) is 0. The van der Waals surface area contributed by atoms with E-state index in [0.717, 1.165) is 19.4 Å². The molecule has 74 valence electrons. The highest BCUT2D eigenvalue weighted by atomic mass is 16.8. The number of amides is 1. The minimum atomic E-state index is -0.546. The number of likely N-dealkylation sites (tertiary alicyclic amines) is 1. The molecule has 0 aromatic heterocycles. The van der Waals surface area contributed by atoms with E-state index in [4.69, 9.17) is 0 Å². The van der Waals surface area contributed by atoms with Crippen molar-refractivity contribution >= 4 is 12.1 Å². The molecule has 0 saturated carbocycles. The van der Waals surface area contributed by atoms with Crippen LogP contribution in [0.3, 0.4) is 0 Å². The van der Waals surface area contributed by atoms with E-state index in [-0.39, 0.29) is 0 Å². The Bertz CT molecular complexity index is 196. The molecule has 0 aromatic rings. The Hall–Kier alpha value is -1.26. The zero-order chi connectivity index (χ0) is 9.68. The first-order chi connectivity index (χ1) is 6.20. The normalized spacial score (nSPS) is 20.5. The van der Waals surface area contributed by atoms with E-state index in [1.165, 1.54) is 0 Å². The van der Waals surface area contributed by atoms with E-state index in [9.17, 15) is 9.59 Å². The molecular formula is C8H13NO4. The minimum Gasteiger partial charge on any atom is -0.431 e. The van der Waals surface area contributed by atoms with Gasteiger partial charge in [0, 0.05) is 20.0 Å². The van der Waals surface area contributed by atoms with Gasteiger partial charge in [-0.3, -0.25) is 4.79 Å². The lowest BCUT2D eigenvalue weighted by Crippen LogP contribution is -2.17. The van der Waals surface area contributed by atoms with Crippen molar-refractivity contribution < 1.29 is 19.1 Å². The Labute approximate surface area is 76.6 Å². The molecule has 13 heavy (non-hydrogen) atoms. The lowest BCUT2D eigenvalue weighted by molar-refractivity contribution is -0.126. The van der Waals surface area contributed by atoms with Gasteiger partial charge >= 0.3 is 6.16 Å². The van der Waals surface area contributed by atoms with Gasteiger partial charge in [-0.2, -0.15) is 0 Å². The first-order valence-corrected chi connectivity index (χ1v) is 4.23. The first kappa shape index (κ1) is 9.83. The molecule has 2 aliphatic heterocycles. The molecule has 0 aromatic carbocycles. The van der Waals surface area contributed by atoms with E-state index in [1.54, 1.807) is 4.90 Å². The molecular weight excluding hydrogens is 174 g/mol. The Morgan fingerprint density at radius 3 is 2.00 bits per heavy atom. The molecule has 5 heteroatoms. The molecule has 1 amide bonds. The van der Waals surface area contributed by atoms with Crippen LogP contribution in [0, 0.1) is 0 Å². The third-order valence-electron chi connectivity index (χ3n) is 1.83. The lowest BCUT2D eigenvalue weighted by atomic mass is 10.4. The number of cyclic esters (lactones) is 2. The summed E-state index contributed by atoms with van der Waals surface area (Å²) in [5, 5.41) is 0. The quantitative estimate of drug-likeness (QED) is 0.515. The maximum absolute atomic E-state index is 10.5.